The maximum atomic E-state index is 14.4. The quantitative estimate of drug-likeness (QED) is 0.429. The molecular formula is C23H18ClFN4OS. The van der Waals surface area contributed by atoms with Gasteiger partial charge in [-0.15, -0.1) is 11.8 Å². The highest BCUT2D eigenvalue weighted by Crippen LogP contribution is 2.41. The summed E-state index contributed by atoms with van der Waals surface area (Å²) >= 11 is 7.86. The second kappa shape index (κ2) is 7.98. The molecule has 1 aliphatic rings. The second-order valence-corrected chi connectivity index (χ2v) is 8.95. The molecule has 3 heterocycles. The number of pyridine rings is 1. The van der Waals surface area contributed by atoms with E-state index in [9.17, 15) is 9.18 Å². The first-order valence-corrected chi connectivity index (χ1v) is 11.1. The number of thioether (sulfide) groups is 1. The zero-order chi connectivity index (χ0) is 21.5. The molecule has 0 aliphatic carbocycles. The molecule has 2 unspecified atom stereocenters. The third kappa shape index (κ3) is 3.68. The van der Waals surface area contributed by atoms with Crippen molar-refractivity contribution in [2.45, 2.75) is 24.6 Å². The Hall–Kier alpha value is -2.90. The lowest BCUT2D eigenvalue weighted by atomic mass is 9.95. The van der Waals surface area contributed by atoms with Gasteiger partial charge in [-0.1, -0.05) is 35.9 Å². The predicted molar refractivity (Wildman–Crippen MR) is 125 cm³/mol. The molecule has 5 nitrogen and oxygen atoms in total. The molecule has 0 fully saturated rings. The highest BCUT2D eigenvalue weighted by Gasteiger charge is 2.29. The fraction of sp³-hybridized carbons (Fsp3) is 0.174. The third-order valence-corrected chi connectivity index (χ3v) is 6.90. The molecule has 2 aromatic carbocycles. The molecule has 0 saturated heterocycles. The summed E-state index contributed by atoms with van der Waals surface area (Å²) in [5.74, 6) is -0.452. The number of aromatic nitrogens is 3. The Bertz CT molecular complexity index is 1380. The first kappa shape index (κ1) is 20.0. The van der Waals surface area contributed by atoms with Crippen molar-refractivity contribution < 1.29 is 4.39 Å². The van der Waals surface area contributed by atoms with E-state index in [1.807, 2.05) is 35.9 Å². The molecule has 4 aromatic rings. The van der Waals surface area contributed by atoms with Gasteiger partial charge in [-0.3, -0.25) is 14.9 Å². The number of nitrogens with zero attached hydrogens (tertiary/aromatic N) is 2. The van der Waals surface area contributed by atoms with Crippen LogP contribution in [-0.2, 0) is 6.42 Å². The van der Waals surface area contributed by atoms with Crippen LogP contribution in [0.15, 0.2) is 58.3 Å². The van der Waals surface area contributed by atoms with E-state index in [0.717, 1.165) is 28.1 Å². The first-order chi connectivity index (χ1) is 15.0. The van der Waals surface area contributed by atoms with Crippen LogP contribution in [0, 0.1) is 5.82 Å². The Morgan fingerprint density at radius 3 is 2.81 bits per heavy atom. The molecular weight excluding hydrogens is 435 g/mol. The van der Waals surface area contributed by atoms with E-state index in [1.165, 1.54) is 12.1 Å². The van der Waals surface area contributed by atoms with Crippen LogP contribution in [0.25, 0.3) is 22.2 Å². The number of para-hydroxylation sites is 1. The molecule has 5 rings (SSSR count). The third-order valence-electron chi connectivity index (χ3n) is 5.50. The number of H-pyrrole nitrogens is 2. The summed E-state index contributed by atoms with van der Waals surface area (Å²) in [6.07, 6.45) is 0.418. The highest BCUT2D eigenvalue weighted by molar-refractivity contribution is 8.12. The molecule has 2 N–H and O–H groups in total. The Morgan fingerprint density at radius 1 is 1.19 bits per heavy atom. The first-order valence-electron chi connectivity index (χ1n) is 9.82. The number of fused-ring (bicyclic) bond motifs is 1. The van der Waals surface area contributed by atoms with Crippen molar-refractivity contribution in [2.24, 2.45) is 4.99 Å². The monoisotopic (exact) mass is 452 g/mol. The number of benzene rings is 2. The van der Waals surface area contributed by atoms with E-state index in [0.29, 0.717) is 16.8 Å². The van der Waals surface area contributed by atoms with E-state index in [-0.39, 0.29) is 22.4 Å². The van der Waals surface area contributed by atoms with E-state index >= 15 is 0 Å². The van der Waals surface area contributed by atoms with Crippen LogP contribution in [-0.4, -0.2) is 26.8 Å². The van der Waals surface area contributed by atoms with Gasteiger partial charge in [0.25, 0.3) is 0 Å². The minimum atomic E-state index is -0.452. The summed E-state index contributed by atoms with van der Waals surface area (Å²) < 4.78 is 14.4. The fourth-order valence-corrected chi connectivity index (χ4v) is 5.23. The van der Waals surface area contributed by atoms with Crippen LogP contribution < -0.4 is 5.56 Å². The number of aromatic amines is 2. The summed E-state index contributed by atoms with van der Waals surface area (Å²) in [5, 5.41) is 9.19. The van der Waals surface area contributed by atoms with Crippen LogP contribution in [0.1, 0.15) is 29.0 Å². The van der Waals surface area contributed by atoms with Gasteiger partial charge in [0.2, 0.25) is 5.56 Å². The summed E-state index contributed by atoms with van der Waals surface area (Å²) in [5.41, 5.74) is 6.02. The average Bonchev–Trinajstić information content (AvgIpc) is 3.34. The molecule has 31 heavy (non-hydrogen) atoms. The van der Waals surface area contributed by atoms with Crippen molar-refractivity contribution in [2.75, 3.05) is 0 Å². The maximum Gasteiger partial charge on any atom is 0.248 e. The molecule has 2 atom stereocenters. The van der Waals surface area contributed by atoms with Crippen molar-refractivity contribution in [3.8, 4) is 11.3 Å². The minimum absolute atomic E-state index is 0.0837. The van der Waals surface area contributed by atoms with Gasteiger partial charge in [0.05, 0.1) is 33.7 Å². The molecule has 0 amide bonds. The van der Waals surface area contributed by atoms with Crippen LogP contribution in [0.3, 0.4) is 0 Å². The lowest BCUT2D eigenvalue weighted by molar-refractivity contribution is 0.636. The predicted octanol–water partition coefficient (Wildman–Crippen LogP) is 5.51. The molecule has 1 aliphatic heterocycles. The van der Waals surface area contributed by atoms with Crippen molar-refractivity contribution in [3.05, 3.63) is 86.5 Å². The van der Waals surface area contributed by atoms with Crippen molar-refractivity contribution in [1.29, 1.82) is 0 Å². The normalized spacial score (nSPS) is 18.2. The summed E-state index contributed by atoms with van der Waals surface area (Å²) in [6.45, 7) is 2.06. The van der Waals surface area contributed by atoms with Crippen LogP contribution in [0.2, 0.25) is 5.02 Å². The van der Waals surface area contributed by atoms with Gasteiger partial charge >= 0.3 is 0 Å². The van der Waals surface area contributed by atoms with E-state index < -0.39 is 5.82 Å². The zero-order valence-electron chi connectivity index (χ0n) is 16.5. The Morgan fingerprint density at radius 2 is 2.03 bits per heavy atom. The Balaban J connectivity index is 1.70. The largest absolute Gasteiger partial charge is 0.319 e. The average molecular weight is 453 g/mol. The Labute approximate surface area is 186 Å². The van der Waals surface area contributed by atoms with Gasteiger partial charge in [-0.2, -0.15) is 5.10 Å². The van der Waals surface area contributed by atoms with Crippen molar-refractivity contribution in [1.82, 2.24) is 15.2 Å². The topological polar surface area (TPSA) is 73.9 Å². The molecule has 8 heteroatoms. The Kier molecular flexibility index (Phi) is 5.16. The fourth-order valence-electron chi connectivity index (χ4n) is 4.02. The summed E-state index contributed by atoms with van der Waals surface area (Å²) in [4.78, 5) is 19.4. The minimum Gasteiger partial charge on any atom is -0.319 e. The molecule has 0 bridgehead atoms. The molecule has 2 aromatic heterocycles. The standard InChI is InChI=1S/C23H18ClFN4OS/c1-12-23(31-11-26-12)22-17(20(28-29-22)13-4-2-5-15(24)8-13)9-14-10-19(30)27-21-16(14)6-3-7-18(21)25/h2-8,10-12,23H,9H2,1H3,(H,27,30)(H,28,29). The number of rotatable bonds is 4. The van der Waals surface area contributed by atoms with Crippen molar-refractivity contribution >= 4 is 39.8 Å². The lowest BCUT2D eigenvalue weighted by Crippen LogP contribution is -2.11. The zero-order valence-corrected chi connectivity index (χ0v) is 18.1. The van der Waals surface area contributed by atoms with Crippen molar-refractivity contribution in [3.63, 3.8) is 0 Å². The molecule has 0 radical (unpaired) electrons. The highest BCUT2D eigenvalue weighted by atomic mass is 35.5. The number of aliphatic imine (C=N–C) groups is 1. The molecule has 156 valence electrons. The molecule has 0 spiro atoms. The van der Waals surface area contributed by atoms with Gasteiger partial charge in [-0.05, 0) is 30.7 Å². The molecule has 0 saturated carbocycles. The summed E-state index contributed by atoms with van der Waals surface area (Å²) in [7, 11) is 0. The van der Waals surface area contributed by atoms with E-state index in [1.54, 1.807) is 17.8 Å². The van der Waals surface area contributed by atoms with Gasteiger partial charge in [0.1, 0.15) is 5.82 Å². The second-order valence-electron chi connectivity index (χ2n) is 7.52. The smallest absolute Gasteiger partial charge is 0.248 e. The van der Waals surface area contributed by atoms with Crippen LogP contribution in [0.4, 0.5) is 4.39 Å². The van der Waals surface area contributed by atoms with Gasteiger partial charge in [0.15, 0.2) is 0 Å². The van der Waals surface area contributed by atoms with E-state index in [2.05, 4.69) is 27.1 Å². The number of nitrogens with one attached hydrogen (secondary N) is 2. The van der Waals surface area contributed by atoms with Crippen LogP contribution in [0.5, 0.6) is 0 Å². The SMILES string of the molecule is CC1N=CSC1c1[nH]nc(-c2cccc(Cl)c2)c1Cc1cc(=O)[nH]c2c(F)cccc12. The number of halogens is 2. The maximum absolute atomic E-state index is 14.4. The van der Waals surface area contributed by atoms with Gasteiger partial charge < -0.3 is 4.98 Å². The van der Waals surface area contributed by atoms with Gasteiger partial charge in [0, 0.05) is 34.0 Å². The van der Waals surface area contributed by atoms with Crippen LogP contribution >= 0.6 is 23.4 Å². The summed E-state index contributed by atoms with van der Waals surface area (Å²) in [6, 6.07) is 13.9. The number of hydrogen-bond acceptors (Lipinski definition) is 4. The van der Waals surface area contributed by atoms with E-state index in [4.69, 9.17) is 11.6 Å². The lowest BCUT2D eigenvalue weighted by Gasteiger charge is -2.15. The van der Waals surface area contributed by atoms with Gasteiger partial charge in [-0.25, -0.2) is 4.39 Å². The number of hydrogen-bond donors (Lipinski definition) is 2.